The zero-order valence-electron chi connectivity index (χ0n) is 15.1. The maximum atomic E-state index is 12.4. The van der Waals surface area contributed by atoms with E-state index in [1.165, 1.54) is 18.5 Å². The quantitative estimate of drug-likeness (QED) is 0.748. The van der Waals surface area contributed by atoms with Crippen LogP contribution in [0.25, 0.3) is 0 Å². The number of aromatic nitrogens is 1. The van der Waals surface area contributed by atoms with E-state index in [1.54, 1.807) is 0 Å². The van der Waals surface area contributed by atoms with Gasteiger partial charge in [-0.3, -0.25) is 4.79 Å². The molecule has 2 aromatic rings. The second-order valence-electron chi connectivity index (χ2n) is 7.64. The fourth-order valence-electron chi connectivity index (χ4n) is 3.88. The minimum absolute atomic E-state index is 0.0535. The Morgan fingerprint density at radius 1 is 1.19 bits per heavy atom. The third kappa shape index (κ3) is 3.78. The van der Waals surface area contributed by atoms with Gasteiger partial charge in [0, 0.05) is 31.5 Å². The van der Waals surface area contributed by atoms with E-state index in [0.29, 0.717) is 24.6 Å². The van der Waals surface area contributed by atoms with Crippen molar-refractivity contribution in [2.45, 2.75) is 43.6 Å². The van der Waals surface area contributed by atoms with E-state index in [9.17, 15) is 9.90 Å². The highest BCUT2D eigenvalue weighted by Crippen LogP contribution is 2.41. The summed E-state index contributed by atoms with van der Waals surface area (Å²) in [5.41, 5.74) is 2.35. The SMILES string of the molecule is O=C(NCCC1(O)CCN(c2ccccc2)CC1)c1[nH]ccc1C1CC1. The smallest absolute Gasteiger partial charge is 0.267 e. The second kappa shape index (κ2) is 7.16. The summed E-state index contributed by atoms with van der Waals surface area (Å²) in [4.78, 5) is 17.8. The summed E-state index contributed by atoms with van der Waals surface area (Å²) in [5.74, 6) is 0.496. The number of aromatic amines is 1. The van der Waals surface area contributed by atoms with Gasteiger partial charge in [-0.1, -0.05) is 18.2 Å². The van der Waals surface area contributed by atoms with E-state index in [2.05, 4.69) is 27.3 Å². The van der Waals surface area contributed by atoms with Crippen LogP contribution in [-0.4, -0.2) is 41.2 Å². The van der Waals surface area contributed by atoms with Gasteiger partial charge in [-0.2, -0.15) is 0 Å². The molecule has 0 radical (unpaired) electrons. The molecule has 0 atom stereocenters. The molecule has 5 nitrogen and oxygen atoms in total. The van der Waals surface area contributed by atoms with Crippen molar-refractivity contribution in [2.75, 3.05) is 24.5 Å². The van der Waals surface area contributed by atoms with Crippen molar-refractivity contribution in [3.63, 3.8) is 0 Å². The molecule has 1 saturated carbocycles. The molecule has 26 heavy (non-hydrogen) atoms. The Hall–Kier alpha value is -2.27. The summed E-state index contributed by atoms with van der Waals surface area (Å²) < 4.78 is 0. The predicted octanol–water partition coefficient (Wildman–Crippen LogP) is 3.04. The molecule has 138 valence electrons. The number of amides is 1. The summed E-state index contributed by atoms with van der Waals surface area (Å²) in [7, 11) is 0. The topological polar surface area (TPSA) is 68.4 Å². The number of rotatable bonds is 6. The molecule has 1 aromatic carbocycles. The van der Waals surface area contributed by atoms with Crippen molar-refractivity contribution in [2.24, 2.45) is 0 Å². The Morgan fingerprint density at radius 2 is 1.92 bits per heavy atom. The summed E-state index contributed by atoms with van der Waals surface area (Å²) in [5, 5.41) is 13.8. The lowest BCUT2D eigenvalue weighted by Gasteiger charge is -2.39. The summed E-state index contributed by atoms with van der Waals surface area (Å²) in [6, 6.07) is 12.3. The van der Waals surface area contributed by atoms with Crippen LogP contribution in [0.15, 0.2) is 42.6 Å². The molecular formula is C21H27N3O2. The number of nitrogens with zero attached hydrogens (tertiary/aromatic N) is 1. The van der Waals surface area contributed by atoms with Crippen molar-refractivity contribution in [1.29, 1.82) is 0 Å². The molecule has 1 aliphatic heterocycles. The Morgan fingerprint density at radius 3 is 2.62 bits per heavy atom. The molecule has 1 amide bonds. The van der Waals surface area contributed by atoms with Gasteiger partial charge in [0.15, 0.2) is 0 Å². The Bertz CT molecular complexity index is 744. The Kier molecular flexibility index (Phi) is 4.72. The van der Waals surface area contributed by atoms with Crippen LogP contribution in [0.2, 0.25) is 0 Å². The number of piperidine rings is 1. The number of aliphatic hydroxyl groups is 1. The number of benzene rings is 1. The van der Waals surface area contributed by atoms with Gasteiger partial charge < -0.3 is 20.3 Å². The number of hydrogen-bond acceptors (Lipinski definition) is 3. The van der Waals surface area contributed by atoms with E-state index in [4.69, 9.17) is 0 Å². The van der Waals surface area contributed by atoms with Crippen LogP contribution in [0.3, 0.4) is 0 Å². The Labute approximate surface area is 154 Å². The van der Waals surface area contributed by atoms with E-state index >= 15 is 0 Å². The molecule has 2 aliphatic rings. The predicted molar refractivity (Wildman–Crippen MR) is 103 cm³/mol. The molecule has 0 spiro atoms. The van der Waals surface area contributed by atoms with Crippen LogP contribution in [0.5, 0.6) is 0 Å². The number of H-pyrrole nitrogens is 1. The number of carbonyl (C=O) groups is 1. The van der Waals surface area contributed by atoms with Crippen molar-refractivity contribution < 1.29 is 9.90 Å². The van der Waals surface area contributed by atoms with Gasteiger partial charge in [-0.25, -0.2) is 0 Å². The zero-order chi connectivity index (χ0) is 18.0. The van der Waals surface area contributed by atoms with E-state index < -0.39 is 5.60 Å². The first-order valence-corrected chi connectivity index (χ1v) is 9.62. The number of hydrogen-bond donors (Lipinski definition) is 3. The fraction of sp³-hybridized carbons (Fsp3) is 0.476. The second-order valence-corrected chi connectivity index (χ2v) is 7.64. The first kappa shape index (κ1) is 17.2. The number of para-hydroxylation sites is 1. The van der Waals surface area contributed by atoms with Gasteiger partial charge >= 0.3 is 0 Å². The van der Waals surface area contributed by atoms with Crippen molar-refractivity contribution in [3.05, 3.63) is 53.9 Å². The molecule has 1 saturated heterocycles. The monoisotopic (exact) mass is 353 g/mol. The molecular weight excluding hydrogens is 326 g/mol. The summed E-state index contributed by atoms with van der Waals surface area (Å²) in [6.45, 7) is 2.19. The van der Waals surface area contributed by atoms with Gasteiger partial charge in [-0.05, 0) is 61.8 Å². The molecule has 1 aliphatic carbocycles. The van der Waals surface area contributed by atoms with Crippen molar-refractivity contribution >= 4 is 11.6 Å². The van der Waals surface area contributed by atoms with Crippen LogP contribution < -0.4 is 10.2 Å². The van der Waals surface area contributed by atoms with Crippen molar-refractivity contribution in [3.8, 4) is 0 Å². The standard InChI is InChI=1S/C21H27N3O2/c25-20(19-18(8-12-22-19)16-6-7-16)23-13-9-21(26)10-14-24(15-11-21)17-4-2-1-3-5-17/h1-5,8,12,16,22,26H,6-7,9-11,13-15H2,(H,23,25). The highest BCUT2D eigenvalue weighted by Gasteiger charge is 2.32. The number of nitrogens with one attached hydrogen (secondary N) is 2. The van der Waals surface area contributed by atoms with Gasteiger partial charge in [0.1, 0.15) is 5.69 Å². The largest absolute Gasteiger partial charge is 0.390 e. The zero-order valence-corrected chi connectivity index (χ0v) is 15.1. The lowest BCUT2D eigenvalue weighted by atomic mass is 9.88. The third-order valence-corrected chi connectivity index (χ3v) is 5.71. The normalized spacial score (nSPS) is 19.3. The van der Waals surface area contributed by atoms with Gasteiger partial charge in [0.2, 0.25) is 0 Å². The molecule has 0 unspecified atom stereocenters. The molecule has 2 fully saturated rings. The molecule has 4 rings (SSSR count). The highest BCUT2D eigenvalue weighted by atomic mass is 16.3. The first-order valence-electron chi connectivity index (χ1n) is 9.62. The molecule has 2 heterocycles. The minimum Gasteiger partial charge on any atom is -0.390 e. The van der Waals surface area contributed by atoms with Crippen LogP contribution >= 0.6 is 0 Å². The molecule has 5 heteroatoms. The van der Waals surface area contributed by atoms with Crippen LogP contribution in [0.1, 0.15) is 54.1 Å². The number of anilines is 1. The summed E-state index contributed by atoms with van der Waals surface area (Å²) in [6.07, 6.45) is 6.25. The van der Waals surface area contributed by atoms with Gasteiger partial charge in [0.25, 0.3) is 5.91 Å². The van der Waals surface area contributed by atoms with E-state index in [0.717, 1.165) is 31.5 Å². The highest BCUT2D eigenvalue weighted by molar-refractivity contribution is 5.94. The lowest BCUT2D eigenvalue weighted by Crippen LogP contribution is -2.46. The third-order valence-electron chi connectivity index (χ3n) is 5.71. The molecule has 1 aromatic heterocycles. The molecule has 3 N–H and O–H groups in total. The van der Waals surface area contributed by atoms with Gasteiger partial charge in [-0.15, -0.1) is 0 Å². The maximum Gasteiger partial charge on any atom is 0.267 e. The Balaban J connectivity index is 1.26. The fourth-order valence-corrected chi connectivity index (χ4v) is 3.88. The van der Waals surface area contributed by atoms with Crippen LogP contribution in [0, 0.1) is 0 Å². The van der Waals surface area contributed by atoms with Crippen LogP contribution in [-0.2, 0) is 0 Å². The molecule has 0 bridgehead atoms. The summed E-state index contributed by atoms with van der Waals surface area (Å²) >= 11 is 0. The van der Waals surface area contributed by atoms with Gasteiger partial charge in [0.05, 0.1) is 5.60 Å². The lowest BCUT2D eigenvalue weighted by molar-refractivity contribution is 0.00866. The maximum absolute atomic E-state index is 12.4. The van der Waals surface area contributed by atoms with E-state index in [-0.39, 0.29) is 5.91 Å². The number of carbonyl (C=O) groups excluding carboxylic acids is 1. The average Bonchev–Trinajstić information content (AvgIpc) is 3.39. The van der Waals surface area contributed by atoms with E-state index in [1.807, 2.05) is 30.5 Å². The average molecular weight is 353 g/mol. The minimum atomic E-state index is -0.687. The van der Waals surface area contributed by atoms with Crippen LogP contribution in [0.4, 0.5) is 5.69 Å². The van der Waals surface area contributed by atoms with Crippen molar-refractivity contribution in [1.82, 2.24) is 10.3 Å². The first-order chi connectivity index (χ1) is 12.6.